The molecule has 0 heterocycles. The molecule has 0 spiro atoms. The van der Waals surface area contributed by atoms with E-state index in [4.69, 9.17) is 0 Å². The van der Waals surface area contributed by atoms with E-state index in [-0.39, 0.29) is 0 Å². The molecule has 2 aliphatic carbocycles. The van der Waals surface area contributed by atoms with Crippen molar-refractivity contribution < 1.29 is 0 Å². The first-order valence-corrected chi connectivity index (χ1v) is 16.3. The summed E-state index contributed by atoms with van der Waals surface area (Å²) < 4.78 is 0. The lowest BCUT2D eigenvalue weighted by Crippen LogP contribution is -2.36. The van der Waals surface area contributed by atoms with Crippen molar-refractivity contribution in [2.45, 2.75) is 71.1 Å². The van der Waals surface area contributed by atoms with E-state index in [1.54, 1.807) is 15.9 Å². The molecule has 0 aliphatic heterocycles. The molecular formula is C34H44P+. The molecule has 1 heteroatoms. The van der Waals surface area contributed by atoms with Crippen LogP contribution in [0.25, 0.3) is 0 Å². The quantitative estimate of drug-likeness (QED) is 0.282. The van der Waals surface area contributed by atoms with Crippen molar-refractivity contribution in [2.75, 3.05) is 6.16 Å². The molecule has 0 unspecified atom stereocenters. The van der Waals surface area contributed by atoms with Crippen molar-refractivity contribution in [1.82, 2.24) is 0 Å². The number of hydrogen-bond donors (Lipinski definition) is 0. The van der Waals surface area contributed by atoms with Crippen LogP contribution >= 0.6 is 7.26 Å². The highest BCUT2D eigenvalue weighted by atomic mass is 31.2. The predicted octanol–water partition coefficient (Wildman–Crippen LogP) is 8.39. The normalized spacial score (nSPS) is 25.3. The molecule has 0 aromatic heterocycles. The molecule has 0 saturated heterocycles. The Kier molecular flexibility index (Phi) is 8.41. The molecule has 0 radical (unpaired) electrons. The fourth-order valence-electron chi connectivity index (χ4n) is 7.40. The highest BCUT2D eigenvalue weighted by molar-refractivity contribution is 7.95. The minimum Gasteiger partial charge on any atom is -0.0654 e. The van der Waals surface area contributed by atoms with Gasteiger partial charge in [-0.15, -0.1) is 0 Å². The van der Waals surface area contributed by atoms with E-state index < -0.39 is 7.26 Å². The molecule has 0 bridgehead atoms. The fraction of sp³-hybridized carbons (Fsp3) is 0.471. The third-order valence-corrected chi connectivity index (χ3v) is 13.9. The summed E-state index contributed by atoms with van der Waals surface area (Å²) in [5.74, 6) is 3.87. The molecule has 0 nitrogen and oxygen atoms in total. The topological polar surface area (TPSA) is 0 Å². The summed E-state index contributed by atoms with van der Waals surface area (Å²) in [5, 5.41) is 4.65. The Morgan fingerprint density at radius 2 is 0.886 bits per heavy atom. The van der Waals surface area contributed by atoms with E-state index in [0.717, 1.165) is 23.7 Å². The van der Waals surface area contributed by atoms with Gasteiger partial charge in [0, 0.05) is 0 Å². The Morgan fingerprint density at radius 1 is 0.514 bits per heavy atom. The van der Waals surface area contributed by atoms with Gasteiger partial charge >= 0.3 is 0 Å². The number of benzene rings is 3. The summed E-state index contributed by atoms with van der Waals surface area (Å²) in [5.41, 5.74) is 0. The number of rotatable bonds is 8. The van der Waals surface area contributed by atoms with Crippen molar-refractivity contribution in [2.24, 2.45) is 23.7 Å². The van der Waals surface area contributed by atoms with E-state index in [1.807, 2.05) is 0 Å². The SMILES string of the molecule is CCCC1CCC(C2CCC(C[P+](c3ccccc3)(c3ccccc3)c3ccccc3)CC2)CC1. The summed E-state index contributed by atoms with van der Waals surface area (Å²) in [6.45, 7) is 2.36. The van der Waals surface area contributed by atoms with E-state index in [0.29, 0.717) is 0 Å². The lowest BCUT2D eigenvalue weighted by molar-refractivity contribution is 0.148. The van der Waals surface area contributed by atoms with E-state index in [9.17, 15) is 0 Å². The van der Waals surface area contributed by atoms with Crippen LogP contribution in [0.15, 0.2) is 91.0 Å². The van der Waals surface area contributed by atoms with Crippen LogP contribution in [0.5, 0.6) is 0 Å². The zero-order valence-electron chi connectivity index (χ0n) is 21.7. The van der Waals surface area contributed by atoms with Crippen molar-refractivity contribution >= 4 is 23.2 Å². The van der Waals surface area contributed by atoms with Crippen molar-refractivity contribution in [3.8, 4) is 0 Å². The lowest BCUT2D eigenvalue weighted by atomic mass is 9.69. The standard InChI is InChI=1S/C34H44P/c1-2-12-28-19-23-30(24-20-28)31-25-21-29(22-26-31)27-35(32-13-6-3-7-14-32,33-15-8-4-9-16-33)34-17-10-5-11-18-34/h3-11,13-18,28-31H,2,12,19-27H2,1H3/q+1. The smallest absolute Gasteiger partial charge is 0.0654 e. The fourth-order valence-corrected chi connectivity index (χ4v) is 12.1. The van der Waals surface area contributed by atoms with Crippen LogP contribution in [-0.4, -0.2) is 6.16 Å². The minimum absolute atomic E-state index is 0.830. The van der Waals surface area contributed by atoms with Crippen LogP contribution in [0.1, 0.15) is 71.1 Å². The zero-order valence-corrected chi connectivity index (χ0v) is 22.6. The molecule has 0 N–H and O–H groups in total. The van der Waals surface area contributed by atoms with Gasteiger partial charge in [0.25, 0.3) is 0 Å². The third-order valence-electron chi connectivity index (χ3n) is 9.27. The zero-order chi connectivity index (χ0) is 23.9. The second-order valence-electron chi connectivity index (χ2n) is 11.3. The minimum atomic E-state index is -1.69. The monoisotopic (exact) mass is 483 g/mol. The van der Waals surface area contributed by atoms with Crippen LogP contribution in [0.4, 0.5) is 0 Å². The number of hydrogen-bond acceptors (Lipinski definition) is 0. The Labute approximate surface area is 214 Å². The van der Waals surface area contributed by atoms with Gasteiger partial charge in [0.1, 0.15) is 23.2 Å². The Balaban J connectivity index is 1.37. The molecule has 2 aliphatic rings. The summed E-state index contributed by atoms with van der Waals surface area (Å²) >= 11 is 0. The maximum Gasteiger partial charge on any atom is 0.112 e. The second kappa shape index (κ2) is 11.9. The molecule has 2 saturated carbocycles. The average Bonchev–Trinajstić information content (AvgIpc) is 2.94. The Hall–Kier alpha value is -1.91. The molecule has 0 amide bonds. The first-order chi connectivity index (χ1) is 17.3. The first kappa shape index (κ1) is 24.8. The molecule has 184 valence electrons. The van der Waals surface area contributed by atoms with Gasteiger partial charge in [-0.1, -0.05) is 87.2 Å². The van der Waals surface area contributed by atoms with Crippen LogP contribution in [-0.2, 0) is 0 Å². The Bertz CT molecular complexity index is 900. The largest absolute Gasteiger partial charge is 0.112 e. The van der Waals surface area contributed by atoms with E-state index >= 15 is 0 Å². The van der Waals surface area contributed by atoms with Crippen LogP contribution < -0.4 is 15.9 Å². The molecule has 2 fully saturated rings. The van der Waals surface area contributed by atoms with Crippen LogP contribution in [0.2, 0.25) is 0 Å². The molecule has 5 rings (SSSR count). The summed E-state index contributed by atoms with van der Waals surface area (Å²) in [6, 6.07) is 34.5. The first-order valence-electron chi connectivity index (χ1n) is 14.3. The van der Waals surface area contributed by atoms with Crippen molar-refractivity contribution in [3.05, 3.63) is 91.0 Å². The van der Waals surface area contributed by atoms with Crippen molar-refractivity contribution in [3.63, 3.8) is 0 Å². The molecule has 3 aromatic rings. The molecule has 35 heavy (non-hydrogen) atoms. The predicted molar refractivity (Wildman–Crippen MR) is 156 cm³/mol. The molecule has 3 aromatic carbocycles. The van der Waals surface area contributed by atoms with Gasteiger partial charge in [-0.05, 0) is 98.6 Å². The third kappa shape index (κ3) is 5.59. The van der Waals surface area contributed by atoms with E-state index in [1.165, 1.54) is 70.4 Å². The highest BCUT2D eigenvalue weighted by Gasteiger charge is 2.47. The summed E-state index contributed by atoms with van der Waals surface area (Å²) in [6.07, 6.45) is 16.0. The summed E-state index contributed by atoms with van der Waals surface area (Å²) in [7, 11) is -1.69. The molecular weight excluding hydrogens is 439 g/mol. The van der Waals surface area contributed by atoms with Gasteiger partial charge in [0.2, 0.25) is 0 Å². The van der Waals surface area contributed by atoms with Crippen LogP contribution in [0, 0.1) is 23.7 Å². The van der Waals surface area contributed by atoms with Gasteiger partial charge in [-0.2, -0.15) is 0 Å². The Morgan fingerprint density at radius 3 is 1.26 bits per heavy atom. The highest BCUT2D eigenvalue weighted by Crippen LogP contribution is 2.58. The average molecular weight is 484 g/mol. The van der Waals surface area contributed by atoms with E-state index in [2.05, 4.69) is 97.9 Å². The van der Waals surface area contributed by atoms with Gasteiger partial charge in [-0.3, -0.25) is 0 Å². The van der Waals surface area contributed by atoms with Gasteiger partial charge < -0.3 is 0 Å². The van der Waals surface area contributed by atoms with Crippen molar-refractivity contribution in [1.29, 1.82) is 0 Å². The lowest BCUT2D eigenvalue weighted by Gasteiger charge is -2.39. The van der Waals surface area contributed by atoms with Gasteiger partial charge in [0.15, 0.2) is 0 Å². The van der Waals surface area contributed by atoms with Gasteiger partial charge in [0.05, 0.1) is 6.16 Å². The maximum absolute atomic E-state index is 2.41. The summed E-state index contributed by atoms with van der Waals surface area (Å²) in [4.78, 5) is 0. The second-order valence-corrected chi connectivity index (χ2v) is 14.9. The maximum atomic E-state index is 2.41. The van der Waals surface area contributed by atoms with Gasteiger partial charge in [-0.25, -0.2) is 0 Å². The van der Waals surface area contributed by atoms with Crippen LogP contribution in [0.3, 0.4) is 0 Å². The molecule has 0 atom stereocenters.